The van der Waals surface area contributed by atoms with Crippen LogP contribution in [0.4, 0.5) is 0 Å². The molecule has 0 unspecified atom stereocenters. The Hall–Kier alpha value is -1.80. The van der Waals surface area contributed by atoms with Crippen molar-refractivity contribution in [3.63, 3.8) is 0 Å². The minimum Gasteiger partial charge on any atom is -0.480 e. The van der Waals surface area contributed by atoms with Gasteiger partial charge in [-0.1, -0.05) is 48.0 Å². The minimum atomic E-state index is -0.198. The van der Waals surface area contributed by atoms with E-state index in [2.05, 4.69) is 48.6 Å². The van der Waals surface area contributed by atoms with E-state index in [1.165, 1.54) is 11.1 Å². The molecule has 1 N–H and O–H groups in total. The molecule has 18 heavy (non-hydrogen) atoms. The summed E-state index contributed by atoms with van der Waals surface area (Å²) in [5.41, 5.74) is 2.29. The summed E-state index contributed by atoms with van der Waals surface area (Å²) >= 11 is 0. The molecule has 0 amide bonds. The smallest absolute Gasteiger partial charge is 0.159 e. The van der Waals surface area contributed by atoms with E-state index in [-0.39, 0.29) is 5.60 Å². The van der Waals surface area contributed by atoms with Gasteiger partial charge in [0.25, 0.3) is 0 Å². The van der Waals surface area contributed by atoms with Crippen LogP contribution in [0.3, 0.4) is 0 Å². The molecule has 0 aromatic heterocycles. The lowest BCUT2D eigenvalue weighted by atomic mass is 9.88. The molecule has 0 radical (unpaired) electrons. The van der Waals surface area contributed by atoms with Crippen molar-refractivity contribution in [1.82, 2.24) is 5.32 Å². The molecule has 3 rings (SSSR count). The van der Waals surface area contributed by atoms with Crippen LogP contribution in [0.5, 0.6) is 5.75 Å². The van der Waals surface area contributed by atoms with Crippen LogP contribution >= 0.6 is 0 Å². The Kier molecular flexibility index (Phi) is 2.80. The summed E-state index contributed by atoms with van der Waals surface area (Å²) in [6, 6.07) is 18.7. The summed E-state index contributed by atoms with van der Waals surface area (Å²) in [6.45, 7) is 3.82. The Morgan fingerprint density at radius 3 is 2.17 bits per heavy atom. The Morgan fingerprint density at radius 2 is 1.61 bits per heavy atom. The Morgan fingerprint density at radius 1 is 0.944 bits per heavy atom. The third kappa shape index (κ3) is 2.00. The van der Waals surface area contributed by atoms with Gasteiger partial charge >= 0.3 is 0 Å². The van der Waals surface area contributed by atoms with Crippen molar-refractivity contribution in [2.75, 3.05) is 13.1 Å². The van der Waals surface area contributed by atoms with Crippen LogP contribution in [-0.2, 0) is 5.60 Å². The molecule has 2 heteroatoms. The summed E-state index contributed by atoms with van der Waals surface area (Å²) in [5, 5.41) is 3.31. The zero-order valence-electron chi connectivity index (χ0n) is 10.5. The summed E-state index contributed by atoms with van der Waals surface area (Å²) < 4.78 is 6.22. The first-order chi connectivity index (χ1) is 8.78. The molecule has 1 aliphatic heterocycles. The fraction of sp³-hybridized carbons (Fsp3) is 0.250. The zero-order chi connectivity index (χ0) is 12.4. The average Bonchev–Trinajstić information content (AvgIpc) is 2.37. The lowest BCUT2D eigenvalue weighted by Gasteiger charge is -2.43. The molecule has 0 aliphatic carbocycles. The molecule has 1 heterocycles. The Balaban J connectivity index is 1.87. The van der Waals surface area contributed by atoms with E-state index in [1.54, 1.807) is 0 Å². The predicted octanol–water partition coefficient (Wildman–Crippen LogP) is 2.87. The van der Waals surface area contributed by atoms with Gasteiger partial charge in [0.05, 0.1) is 0 Å². The highest BCUT2D eigenvalue weighted by atomic mass is 16.5. The van der Waals surface area contributed by atoms with Crippen LogP contribution in [0.1, 0.15) is 11.1 Å². The van der Waals surface area contributed by atoms with Crippen molar-refractivity contribution in [2.45, 2.75) is 12.5 Å². The van der Waals surface area contributed by atoms with E-state index in [9.17, 15) is 0 Å². The highest BCUT2D eigenvalue weighted by Crippen LogP contribution is 2.31. The van der Waals surface area contributed by atoms with Gasteiger partial charge in [0.15, 0.2) is 5.60 Å². The second kappa shape index (κ2) is 4.46. The average molecular weight is 239 g/mol. The van der Waals surface area contributed by atoms with Gasteiger partial charge < -0.3 is 10.1 Å². The molecular formula is C16H17NO. The Labute approximate surface area is 108 Å². The second-order valence-corrected chi connectivity index (χ2v) is 4.88. The van der Waals surface area contributed by atoms with E-state index in [4.69, 9.17) is 4.74 Å². The van der Waals surface area contributed by atoms with Crippen molar-refractivity contribution in [3.05, 3.63) is 65.7 Å². The fourth-order valence-corrected chi connectivity index (χ4v) is 2.26. The largest absolute Gasteiger partial charge is 0.480 e. The standard InChI is InChI=1S/C16H17NO/c1-13-7-9-15(10-8-13)18-16(11-17-12-16)14-5-3-2-4-6-14/h2-10,17H,11-12H2,1H3. The number of rotatable bonds is 3. The lowest BCUT2D eigenvalue weighted by Crippen LogP contribution is -2.60. The summed E-state index contributed by atoms with van der Waals surface area (Å²) in [5.74, 6) is 0.936. The monoisotopic (exact) mass is 239 g/mol. The van der Waals surface area contributed by atoms with E-state index in [1.807, 2.05) is 18.2 Å². The highest BCUT2D eigenvalue weighted by molar-refractivity contribution is 5.32. The van der Waals surface area contributed by atoms with Gasteiger partial charge in [-0.15, -0.1) is 0 Å². The van der Waals surface area contributed by atoms with Gasteiger partial charge in [-0.25, -0.2) is 0 Å². The molecule has 2 nitrogen and oxygen atoms in total. The van der Waals surface area contributed by atoms with E-state index in [0.29, 0.717) is 0 Å². The molecule has 0 bridgehead atoms. The topological polar surface area (TPSA) is 21.3 Å². The number of benzene rings is 2. The number of nitrogens with one attached hydrogen (secondary N) is 1. The third-order valence-corrected chi connectivity index (χ3v) is 3.46. The maximum atomic E-state index is 6.22. The summed E-state index contributed by atoms with van der Waals surface area (Å²) in [6.07, 6.45) is 0. The van der Waals surface area contributed by atoms with E-state index >= 15 is 0 Å². The van der Waals surface area contributed by atoms with Gasteiger partial charge in [-0.2, -0.15) is 0 Å². The second-order valence-electron chi connectivity index (χ2n) is 4.88. The SMILES string of the molecule is Cc1ccc(OC2(c3ccccc3)CNC2)cc1. The number of ether oxygens (including phenoxy) is 1. The van der Waals surface area contributed by atoms with Crippen LogP contribution < -0.4 is 10.1 Å². The first-order valence-corrected chi connectivity index (χ1v) is 6.30. The molecule has 2 aromatic rings. The molecule has 0 spiro atoms. The van der Waals surface area contributed by atoms with Gasteiger partial charge in [0.1, 0.15) is 5.75 Å². The molecule has 92 valence electrons. The van der Waals surface area contributed by atoms with E-state index in [0.717, 1.165) is 18.8 Å². The van der Waals surface area contributed by atoms with Gasteiger partial charge in [0.2, 0.25) is 0 Å². The zero-order valence-corrected chi connectivity index (χ0v) is 10.5. The van der Waals surface area contributed by atoms with Gasteiger partial charge in [0, 0.05) is 13.1 Å². The van der Waals surface area contributed by atoms with E-state index < -0.39 is 0 Å². The molecule has 1 aliphatic rings. The maximum absolute atomic E-state index is 6.22. The summed E-state index contributed by atoms with van der Waals surface area (Å²) in [7, 11) is 0. The lowest BCUT2D eigenvalue weighted by molar-refractivity contribution is 0.0121. The van der Waals surface area contributed by atoms with Crippen molar-refractivity contribution in [3.8, 4) is 5.75 Å². The van der Waals surface area contributed by atoms with Gasteiger partial charge in [-0.05, 0) is 24.6 Å². The molecule has 1 fully saturated rings. The van der Waals surface area contributed by atoms with Gasteiger partial charge in [-0.3, -0.25) is 0 Å². The van der Waals surface area contributed by atoms with Crippen LogP contribution in [0.25, 0.3) is 0 Å². The molecule has 2 aromatic carbocycles. The number of aryl methyl sites for hydroxylation is 1. The number of hydrogen-bond acceptors (Lipinski definition) is 2. The fourth-order valence-electron chi connectivity index (χ4n) is 2.26. The summed E-state index contributed by atoms with van der Waals surface area (Å²) in [4.78, 5) is 0. The quantitative estimate of drug-likeness (QED) is 0.889. The van der Waals surface area contributed by atoms with Crippen molar-refractivity contribution in [1.29, 1.82) is 0 Å². The first-order valence-electron chi connectivity index (χ1n) is 6.30. The normalized spacial score (nSPS) is 16.9. The third-order valence-electron chi connectivity index (χ3n) is 3.46. The molecule has 1 saturated heterocycles. The first kappa shape index (κ1) is 11.3. The van der Waals surface area contributed by atoms with Crippen molar-refractivity contribution >= 4 is 0 Å². The maximum Gasteiger partial charge on any atom is 0.159 e. The van der Waals surface area contributed by atoms with Crippen LogP contribution in [0.15, 0.2) is 54.6 Å². The van der Waals surface area contributed by atoms with Crippen LogP contribution in [0, 0.1) is 6.92 Å². The predicted molar refractivity (Wildman–Crippen MR) is 72.8 cm³/mol. The van der Waals surface area contributed by atoms with Crippen molar-refractivity contribution < 1.29 is 4.74 Å². The Bertz CT molecular complexity index is 515. The van der Waals surface area contributed by atoms with Crippen LogP contribution in [0.2, 0.25) is 0 Å². The molecular weight excluding hydrogens is 222 g/mol. The van der Waals surface area contributed by atoms with Crippen LogP contribution in [-0.4, -0.2) is 13.1 Å². The molecule has 0 atom stereocenters. The minimum absolute atomic E-state index is 0.198. The molecule has 0 saturated carbocycles. The number of hydrogen-bond donors (Lipinski definition) is 1. The highest BCUT2D eigenvalue weighted by Gasteiger charge is 2.41. The van der Waals surface area contributed by atoms with Crippen molar-refractivity contribution in [2.24, 2.45) is 0 Å².